The molecule has 0 heterocycles. The van der Waals surface area contributed by atoms with Gasteiger partial charge in [-0.15, -0.1) is 13.2 Å². The van der Waals surface area contributed by atoms with Crippen molar-refractivity contribution in [3.05, 3.63) is 24.3 Å². The van der Waals surface area contributed by atoms with E-state index >= 15 is 0 Å². The summed E-state index contributed by atoms with van der Waals surface area (Å²) in [6.45, 7) is 0. The van der Waals surface area contributed by atoms with Crippen molar-refractivity contribution in [3.8, 4) is 17.9 Å². The van der Waals surface area contributed by atoms with Crippen molar-refractivity contribution in [2.45, 2.75) is 6.36 Å². The van der Waals surface area contributed by atoms with Crippen LogP contribution in [0.4, 0.5) is 18.9 Å². The van der Waals surface area contributed by atoms with E-state index in [4.69, 9.17) is 16.4 Å². The molecular formula is C10H7F3N4O2. The minimum Gasteiger partial charge on any atom is -0.406 e. The summed E-state index contributed by atoms with van der Waals surface area (Å²) in [5, 5.41) is 15.0. The van der Waals surface area contributed by atoms with Crippen LogP contribution in [0.5, 0.6) is 5.75 Å². The van der Waals surface area contributed by atoms with Crippen LogP contribution in [-0.4, -0.2) is 12.1 Å². The van der Waals surface area contributed by atoms with Crippen LogP contribution >= 0.6 is 0 Å². The maximum Gasteiger partial charge on any atom is 0.573 e. The molecule has 9 heteroatoms. The second kappa shape index (κ2) is 7.53. The third kappa shape index (κ3) is 8.01. The number of Topliss-reactive ketones (excluding diaryl/α,β-unsaturated/α-hetero) is 1. The molecule has 0 unspecified atom stereocenters. The van der Waals surface area contributed by atoms with Crippen LogP contribution in [0.2, 0.25) is 0 Å². The van der Waals surface area contributed by atoms with Crippen LogP contribution in [0.25, 0.3) is 0 Å². The van der Waals surface area contributed by atoms with Crippen LogP contribution in [0.3, 0.4) is 0 Å². The van der Waals surface area contributed by atoms with Gasteiger partial charge in [-0.3, -0.25) is 10.6 Å². The molecule has 1 aromatic rings. The number of nitrogens with zero attached hydrogens (tertiary/aromatic N) is 2. The number of alkyl halides is 3. The number of benzene rings is 1. The van der Waals surface area contributed by atoms with Gasteiger partial charge in [-0.2, -0.15) is 10.5 Å². The number of carbonyl (C=O) groups is 1. The van der Waals surface area contributed by atoms with E-state index in [1.165, 1.54) is 24.3 Å². The number of hydrogen-bond donors (Lipinski definition) is 2. The number of nitrogens with one attached hydrogen (secondary N) is 1. The molecular weight excluding hydrogens is 265 g/mol. The minimum absolute atomic E-state index is 0.272. The Bertz CT molecular complexity index is 483. The maximum atomic E-state index is 11.7. The van der Waals surface area contributed by atoms with E-state index in [2.05, 4.69) is 10.2 Å². The van der Waals surface area contributed by atoms with E-state index < -0.39 is 12.1 Å². The lowest BCUT2D eigenvalue weighted by atomic mass is 10.3. The number of hydrogen-bond acceptors (Lipinski definition) is 6. The molecule has 0 saturated heterocycles. The Morgan fingerprint density at radius 2 is 1.68 bits per heavy atom. The van der Waals surface area contributed by atoms with Crippen molar-refractivity contribution in [2.24, 2.45) is 5.84 Å². The number of hydrazine groups is 1. The molecule has 0 spiro atoms. The lowest BCUT2D eigenvalue weighted by molar-refractivity contribution is -0.274. The third-order valence-corrected chi connectivity index (χ3v) is 1.46. The standard InChI is InChI=1S/C7H7F3N2O.C3N2O/c8-7(9,10)13-6-3-1-5(12-11)2-4-6;4-1-3(6)2-5/h1-4,12H,11H2;. The van der Waals surface area contributed by atoms with Gasteiger partial charge in [0, 0.05) is 5.69 Å². The maximum absolute atomic E-state index is 11.7. The SMILES string of the molecule is N#CC(=O)C#N.NNc1ccc(OC(F)(F)F)cc1. The van der Waals surface area contributed by atoms with E-state index in [9.17, 15) is 18.0 Å². The first kappa shape index (κ1) is 16.2. The molecule has 0 aliphatic carbocycles. The van der Waals surface area contributed by atoms with Gasteiger partial charge in [-0.1, -0.05) is 0 Å². The average molecular weight is 272 g/mol. The summed E-state index contributed by atoms with van der Waals surface area (Å²) in [7, 11) is 0. The molecule has 1 rings (SSSR count). The summed E-state index contributed by atoms with van der Waals surface area (Å²) in [5.41, 5.74) is 2.79. The average Bonchev–Trinajstić information content (AvgIpc) is 2.37. The van der Waals surface area contributed by atoms with Crippen molar-refractivity contribution in [2.75, 3.05) is 5.43 Å². The first-order chi connectivity index (χ1) is 8.82. The quantitative estimate of drug-likeness (QED) is 0.479. The lowest BCUT2D eigenvalue weighted by Gasteiger charge is -2.08. The number of ether oxygens (including phenoxy) is 1. The molecule has 0 atom stereocenters. The fourth-order valence-electron chi connectivity index (χ4n) is 0.778. The van der Waals surface area contributed by atoms with Gasteiger partial charge < -0.3 is 10.2 Å². The fourth-order valence-corrected chi connectivity index (χ4v) is 0.778. The summed E-state index contributed by atoms with van der Waals surface area (Å²) in [6, 6.07) is 7.32. The Morgan fingerprint density at radius 3 is 1.95 bits per heavy atom. The monoisotopic (exact) mass is 272 g/mol. The highest BCUT2D eigenvalue weighted by Gasteiger charge is 2.30. The second-order valence-corrected chi connectivity index (χ2v) is 2.77. The number of rotatable bonds is 2. The van der Waals surface area contributed by atoms with Crippen molar-refractivity contribution in [1.82, 2.24) is 0 Å². The van der Waals surface area contributed by atoms with Gasteiger partial charge in [0.25, 0.3) is 0 Å². The summed E-state index contributed by atoms with van der Waals surface area (Å²) in [4.78, 5) is 9.46. The largest absolute Gasteiger partial charge is 0.573 e. The molecule has 0 saturated carbocycles. The number of ketones is 1. The van der Waals surface area contributed by atoms with E-state index in [-0.39, 0.29) is 5.75 Å². The van der Waals surface area contributed by atoms with Crippen molar-refractivity contribution < 1.29 is 22.7 Å². The van der Waals surface area contributed by atoms with Gasteiger partial charge in [0.2, 0.25) is 0 Å². The first-order valence-electron chi connectivity index (χ1n) is 4.49. The van der Waals surface area contributed by atoms with Crippen LogP contribution in [0, 0.1) is 22.7 Å². The smallest absolute Gasteiger partial charge is 0.406 e. The number of nitrogen functional groups attached to an aromatic ring is 1. The van der Waals surface area contributed by atoms with Crippen LogP contribution in [0.15, 0.2) is 24.3 Å². The highest BCUT2D eigenvalue weighted by atomic mass is 19.4. The first-order valence-corrected chi connectivity index (χ1v) is 4.49. The number of nitriles is 2. The van der Waals surface area contributed by atoms with Gasteiger partial charge >= 0.3 is 12.1 Å². The van der Waals surface area contributed by atoms with Gasteiger partial charge in [-0.25, -0.2) is 0 Å². The Labute approximate surface area is 105 Å². The predicted molar refractivity (Wildman–Crippen MR) is 57.2 cm³/mol. The lowest BCUT2D eigenvalue weighted by Crippen LogP contribution is -2.17. The van der Waals surface area contributed by atoms with Gasteiger partial charge in [-0.05, 0) is 24.3 Å². The van der Waals surface area contributed by atoms with E-state index in [1.54, 1.807) is 0 Å². The molecule has 0 bridgehead atoms. The summed E-state index contributed by atoms with van der Waals surface area (Å²) >= 11 is 0. The zero-order chi connectivity index (χ0) is 14.9. The number of carbonyl (C=O) groups excluding carboxylic acids is 1. The van der Waals surface area contributed by atoms with Gasteiger partial charge in [0.15, 0.2) is 12.1 Å². The zero-order valence-electron chi connectivity index (χ0n) is 9.23. The highest BCUT2D eigenvalue weighted by Crippen LogP contribution is 2.23. The van der Waals surface area contributed by atoms with Gasteiger partial charge in [0.05, 0.1) is 0 Å². The van der Waals surface area contributed by atoms with Crippen molar-refractivity contribution in [1.29, 1.82) is 10.5 Å². The van der Waals surface area contributed by atoms with Crippen LogP contribution in [0.1, 0.15) is 0 Å². The predicted octanol–water partition coefficient (Wildman–Crippen LogP) is 1.47. The van der Waals surface area contributed by atoms with Crippen molar-refractivity contribution in [3.63, 3.8) is 0 Å². The summed E-state index contributed by atoms with van der Waals surface area (Å²) in [6.07, 6.45) is -4.66. The second-order valence-electron chi connectivity index (χ2n) is 2.77. The summed E-state index contributed by atoms with van der Waals surface area (Å²) < 4.78 is 38.6. The topological polar surface area (TPSA) is 112 Å². The number of halogens is 3. The zero-order valence-corrected chi connectivity index (χ0v) is 9.23. The van der Waals surface area contributed by atoms with Crippen LogP contribution < -0.4 is 16.0 Å². The van der Waals surface area contributed by atoms with Crippen molar-refractivity contribution >= 4 is 11.5 Å². The molecule has 0 radical (unpaired) electrons. The fraction of sp³-hybridized carbons (Fsp3) is 0.100. The van der Waals surface area contributed by atoms with E-state index in [0.717, 1.165) is 12.1 Å². The Balaban J connectivity index is 0.000000459. The molecule has 0 amide bonds. The molecule has 6 nitrogen and oxygen atoms in total. The van der Waals surface area contributed by atoms with Gasteiger partial charge in [0.1, 0.15) is 5.75 Å². The third-order valence-electron chi connectivity index (χ3n) is 1.46. The minimum atomic E-state index is -4.66. The Morgan fingerprint density at radius 1 is 1.21 bits per heavy atom. The summed E-state index contributed by atoms with van der Waals surface area (Å²) in [5.74, 6) is 3.70. The Kier molecular flexibility index (Phi) is 6.43. The Hall–Kier alpha value is -2.78. The molecule has 1 aromatic carbocycles. The number of anilines is 1. The number of nitrogens with two attached hydrogens (primary N) is 1. The normalized spacial score (nSPS) is 9.16. The van der Waals surface area contributed by atoms with Crippen LogP contribution in [-0.2, 0) is 4.79 Å². The molecule has 0 fully saturated rings. The molecule has 0 aliphatic heterocycles. The highest BCUT2D eigenvalue weighted by molar-refractivity contribution is 6.05. The molecule has 19 heavy (non-hydrogen) atoms. The van der Waals surface area contributed by atoms with E-state index in [0.29, 0.717) is 5.69 Å². The van der Waals surface area contributed by atoms with E-state index in [1.807, 2.05) is 0 Å². The molecule has 100 valence electrons. The molecule has 3 N–H and O–H groups in total. The molecule has 0 aliphatic rings. The molecule has 0 aromatic heterocycles.